The van der Waals surface area contributed by atoms with E-state index in [1.165, 1.54) is 32.2 Å². The lowest BCUT2D eigenvalue weighted by Gasteiger charge is -2.28. The number of rotatable bonds is 5. The van der Waals surface area contributed by atoms with E-state index in [0.29, 0.717) is 5.38 Å². The van der Waals surface area contributed by atoms with Crippen LogP contribution in [0.4, 0.5) is 0 Å². The molecule has 4 heteroatoms. The van der Waals surface area contributed by atoms with Gasteiger partial charge < -0.3 is 10.1 Å². The van der Waals surface area contributed by atoms with Gasteiger partial charge in [-0.25, -0.2) is 0 Å². The SMILES string of the molecule is ClC1CCC(CNCCN2CCOCC2)CC1. The third-order valence-electron chi connectivity index (χ3n) is 3.92. The van der Waals surface area contributed by atoms with E-state index in [9.17, 15) is 0 Å². The number of alkyl halides is 1. The number of nitrogens with zero attached hydrogens (tertiary/aromatic N) is 1. The van der Waals surface area contributed by atoms with Crippen molar-refractivity contribution in [1.29, 1.82) is 0 Å². The van der Waals surface area contributed by atoms with E-state index in [0.717, 1.165) is 45.3 Å². The minimum atomic E-state index is 0.444. The van der Waals surface area contributed by atoms with Crippen LogP contribution in [0.2, 0.25) is 0 Å². The van der Waals surface area contributed by atoms with Gasteiger partial charge in [-0.15, -0.1) is 11.6 Å². The van der Waals surface area contributed by atoms with Crippen LogP contribution in [0, 0.1) is 5.92 Å². The first kappa shape index (κ1) is 13.6. The first-order chi connectivity index (χ1) is 8.34. The van der Waals surface area contributed by atoms with E-state index in [1.54, 1.807) is 0 Å². The largest absolute Gasteiger partial charge is 0.379 e. The van der Waals surface area contributed by atoms with E-state index in [-0.39, 0.29) is 0 Å². The van der Waals surface area contributed by atoms with E-state index >= 15 is 0 Å². The molecule has 0 bridgehead atoms. The molecule has 1 aliphatic carbocycles. The van der Waals surface area contributed by atoms with Gasteiger partial charge in [0.25, 0.3) is 0 Å². The fourth-order valence-corrected chi connectivity index (χ4v) is 2.95. The van der Waals surface area contributed by atoms with Crippen LogP contribution in [0.1, 0.15) is 25.7 Å². The molecule has 1 saturated carbocycles. The van der Waals surface area contributed by atoms with Crippen LogP contribution in [0.15, 0.2) is 0 Å². The van der Waals surface area contributed by atoms with Gasteiger partial charge in [0.2, 0.25) is 0 Å². The number of morpholine rings is 1. The maximum Gasteiger partial charge on any atom is 0.0594 e. The number of ether oxygens (including phenoxy) is 1. The maximum absolute atomic E-state index is 6.11. The Kier molecular flexibility index (Phi) is 6.06. The van der Waals surface area contributed by atoms with Crippen molar-refractivity contribution in [2.24, 2.45) is 5.92 Å². The van der Waals surface area contributed by atoms with E-state index in [1.807, 2.05) is 0 Å². The smallest absolute Gasteiger partial charge is 0.0594 e. The highest BCUT2D eigenvalue weighted by Gasteiger charge is 2.18. The number of hydrogen-bond acceptors (Lipinski definition) is 3. The molecule has 0 atom stereocenters. The second kappa shape index (κ2) is 7.57. The Balaban J connectivity index is 1.48. The molecular formula is C13H25ClN2O. The van der Waals surface area contributed by atoms with Gasteiger partial charge >= 0.3 is 0 Å². The average molecular weight is 261 g/mol. The monoisotopic (exact) mass is 260 g/mol. The van der Waals surface area contributed by atoms with Crippen LogP contribution >= 0.6 is 11.6 Å². The Hall–Kier alpha value is 0.170. The van der Waals surface area contributed by atoms with Crippen molar-refractivity contribution in [1.82, 2.24) is 10.2 Å². The third kappa shape index (κ3) is 5.12. The van der Waals surface area contributed by atoms with Gasteiger partial charge in [0.05, 0.1) is 13.2 Å². The summed E-state index contributed by atoms with van der Waals surface area (Å²) >= 11 is 6.11. The molecule has 1 heterocycles. The van der Waals surface area contributed by atoms with Crippen molar-refractivity contribution in [3.8, 4) is 0 Å². The van der Waals surface area contributed by atoms with Crippen molar-refractivity contribution < 1.29 is 4.74 Å². The number of halogens is 1. The molecule has 100 valence electrons. The summed E-state index contributed by atoms with van der Waals surface area (Å²) in [6, 6.07) is 0. The summed E-state index contributed by atoms with van der Waals surface area (Å²) in [6.45, 7) is 7.44. The van der Waals surface area contributed by atoms with Gasteiger partial charge in [0.1, 0.15) is 0 Å². The molecule has 1 aliphatic heterocycles. The Morgan fingerprint density at radius 1 is 1.12 bits per heavy atom. The second-order valence-corrected chi connectivity index (χ2v) is 5.89. The molecule has 2 rings (SSSR count). The van der Waals surface area contributed by atoms with Crippen molar-refractivity contribution in [3.05, 3.63) is 0 Å². The minimum Gasteiger partial charge on any atom is -0.379 e. The van der Waals surface area contributed by atoms with Gasteiger partial charge in [-0.1, -0.05) is 0 Å². The highest BCUT2D eigenvalue weighted by Crippen LogP contribution is 2.26. The summed E-state index contributed by atoms with van der Waals surface area (Å²) in [7, 11) is 0. The van der Waals surface area contributed by atoms with E-state index in [4.69, 9.17) is 16.3 Å². The van der Waals surface area contributed by atoms with Crippen molar-refractivity contribution >= 4 is 11.6 Å². The zero-order valence-electron chi connectivity index (χ0n) is 10.7. The molecule has 17 heavy (non-hydrogen) atoms. The molecule has 1 N–H and O–H groups in total. The van der Waals surface area contributed by atoms with Gasteiger partial charge in [-0.3, -0.25) is 4.90 Å². The average Bonchev–Trinajstić information content (AvgIpc) is 2.38. The highest BCUT2D eigenvalue weighted by atomic mass is 35.5. The Morgan fingerprint density at radius 2 is 1.82 bits per heavy atom. The van der Waals surface area contributed by atoms with Gasteiger partial charge in [0.15, 0.2) is 0 Å². The first-order valence-corrected chi connectivity index (χ1v) is 7.43. The molecule has 2 aliphatic rings. The molecule has 1 saturated heterocycles. The minimum absolute atomic E-state index is 0.444. The maximum atomic E-state index is 6.11. The Bertz CT molecular complexity index is 202. The summed E-state index contributed by atoms with van der Waals surface area (Å²) in [4.78, 5) is 2.48. The van der Waals surface area contributed by atoms with Crippen molar-refractivity contribution in [3.63, 3.8) is 0 Å². The summed E-state index contributed by atoms with van der Waals surface area (Å²) in [5.74, 6) is 0.856. The highest BCUT2D eigenvalue weighted by molar-refractivity contribution is 6.20. The molecular weight excluding hydrogens is 236 g/mol. The summed E-state index contributed by atoms with van der Waals surface area (Å²) in [5.41, 5.74) is 0. The fraction of sp³-hybridized carbons (Fsp3) is 1.00. The normalized spacial score (nSPS) is 31.6. The predicted octanol–water partition coefficient (Wildman–Crippen LogP) is 1.71. The fourth-order valence-electron chi connectivity index (χ4n) is 2.69. The standard InChI is InChI=1S/C13H25ClN2O/c14-13-3-1-12(2-4-13)11-15-5-6-16-7-9-17-10-8-16/h12-13,15H,1-11H2. The topological polar surface area (TPSA) is 24.5 Å². The van der Waals surface area contributed by atoms with Gasteiger partial charge in [-0.05, 0) is 38.1 Å². The van der Waals surface area contributed by atoms with Crippen molar-refractivity contribution in [2.75, 3.05) is 45.9 Å². The number of nitrogens with one attached hydrogen (secondary N) is 1. The number of hydrogen-bond donors (Lipinski definition) is 1. The van der Waals surface area contributed by atoms with Crippen LogP contribution in [0.3, 0.4) is 0 Å². The lowest BCUT2D eigenvalue weighted by molar-refractivity contribution is 0.0383. The van der Waals surface area contributed by atoms with Crippen LogP contribution in [0.25, 0.3) is 0 Å². The molecule has 2 fully saturated rings. The second-order valence-electron chi connectivity index (χ2n) is 5.28. The molecule has 0 aromatic heterocycles. The zero-order valence-corrected chi connectivity index (χ0v) is 11.4. The molecule has 0 aromatic carbocycles. The molecule has 0 spiro atoms. The molecule has 3 nitrogen and oxygen atoms in total. The molecule has 0 radical (unpaired) electrons. The van der Waals surface area contributed by atoms with Crippen LogP contribution in [0.5, 0.6) is 0 Å². The van der Waals surface area contributed by atoms with Gasteiger partial charge in [-0.2, -0.15) is 0 Å². The Labute approximate surface area is 110 Å². The first-order valence-electron chi connectivity index (χ1n) is 6.99. The quantitative estimate of drug-likeness (QED) is 0.602. The molecule has 0 amide bonds. The van der Waals surface area contributed by atoms with E-state index in [2.05, 4.69) is 10.2 Å². The molecule has 0 unspecified atom stereocenters. The lowest BCUT2D eigenvalue weighted by Crippen LogP contribution is -2.41. The lowest BCUT2D eigenvalue weighted by atomic mass is 9.89. The Morgan fingerprint density at radius 3 is 2.53 bits per heavy atom. The summed E-state index contributed by atoms with van der Waals surface area (Å²) < 4.78 is 5.34. The predicted molar refractivity (Wildman–Crippen MR) is 71.7 cm³/mol. The van der Waals surface area contributed by atoms with E-state index < -0.39 is 0 Å². The third-order valence-corrected chi connectivity index (χ3v) is 4.35. The molecule has 0 aromatic rings. The zero-order chi connectivity index (χ0) is 11.9. The van der Waals surface area contributed by atoms with Crippen LogP contribution in [-0.4, -0.2) is 56.2 Å². The summed E-state index contributed by atoms with van der Waals surface area (Å²) in [6.07, 6.45) is 5.02. The van der Waals surface area contributed by atoms with Crippen molar-refractivity contribution in [2.45, 2.75) is 31.1 Å². The van der Waals surface area contributed by atoms with Crippen LogP contribution in [-0.2, 0) is 4.74 Å². The van der Waals surface area contributed by atoms with Gasteiger partial charge in [0, 0.05) is 31.6 Å². The summed E-state index contributed by atoms with van der Waals surface area (Å²) in [5, 5.41) is 4.04. The van der Waals surface area contributed by atoms with Crippen LogP contribution < -0.4 is 5.32 Å².